The van der Waals surface area contributed by atoms with Crippen LogP contribution in [0.25, 0.3) is 0 Å². The summed E-state index contributed by atoms with van der Waals surface area (Å²) in [5, 5.41) is 3.99. The van der Waals surface area contributed by atoms with Crippen LogP contribution in [0.2, 0.25) is 0 Å². The molecule has 1 N–H and O–H groups in total. The number of sulfonamides is 1. The van der Waals surface area contributed by atoms with Gasteiger partial charge in [0.25, 0.3) is 15.9 Å². The maximum Gasteiger partial charge on any atom is 0.264 e. The topological polar surface area (TPSA) is 97.3 Å². The molecule has 0 fully saturated rings. The van der Waals surface area contributed by atoms with Gasteiger partial charge in [0, 0.05) is 0 Å². The van der Waals surface area contributed by atoms with Crippen LogP contribution in [0, 0.1) is 13.8 Å². The molecule has 3 rings (SSSR count). The Morgan fingerprint density at radius 2 is 1.67 bits per heavy atom. The lowest BCUT2D eigenvalue weighted by Crippen LogP contribution is -2.39. The summed E-state index contributed by atoms with van der Waals surface area (Å²) >= 11 is 0. The van der Waals surface area contributed by atoms with Crippen LogP contribution < -0.4 is 19.2 Å². The average Bonchev–Trinajstić information content (AvgIpc) is 2.87. The average molecular weight is 510 g/mol. The second kappa shape index (κ2) is 12.2. The number of hydrogen-bond donors (Lipinski definition) is 1. The molecule has 0 bridgehead atoms. The molecule has 0 aliphatic heterocycles. The van der Waals surface area contributed by atoms with Gasteiger partial charge in [-0.15, -0.1) is 0 Å². The van der Waals surface area contributed by atoms with Crippen molar-refractivity contribution in [3.8, 4) is 11.5 Å². The van der Waals surface area contributed by atoms with Crippen molar-refractivity contribution in [2.24, 2.45) is 5.10 Å². The van der Waals surface area contributed by atoms with E-state index in [2.05, 4.69) is 10.5 Å². The Balaban J connectivity index is 1.83. The summed E-state index contributed by atoms with van der Waals surface area (Å²) in [5.74, 6) is 0.480. The molecule has 0 radical (unpaired) electrons. The van der Waals surface area contributed by atoms with E-state index in [1.807, 2.05) is 51.1 Å². The van der Waals surface area contributed by atoms with Crippen LogP contribution in [0.4, 0.5) is 5.69 Å². The van der Waals surface area contributed by atoms with Gasteiger partial charge in [0.05, 0.1) is 30.5 Å². The fraction of sp³-hybridized carbons (Fsp3) is 0.259. The predicted octanol–water partition coefficient (Wildman–Crippen LogP) is 4.45. The smallest absolute Gasteiger partial charge is 0.264 e. The number of amides is 1. The van der Waals surface area contributed by atoms with E-state index >= 15 is 0 Å². The van der Waals surface area contributed by atoms with Gasteiger partial charge in [-0.05, 0) is 79.9 Å². The van der Waals surface area contributed by atoms with Crippen molar-refractivity contribution in [1.29, 1.82) is 0 Å². The summed E-state index contributed by atoms with van der Waals surface area (Å²) in [6, 6.07) is 18.9. The minimum Gasteiger partial charge on any atom is -0.495 e. The third-order valence-corrected chi connectivity index (χ3v) is 7.03. The molecule has 0 saturated carbocycles. The number of hydrogen-bond acceptors (Lipinski definition) is 6. The zero-order valence-corrected chi connectivity index (χ0v) is 21.7. The van der Waals surface area contributed by atoms with Crippen molar-refractivity contribution in [1.82, 2.24) is 5.43 Å². The molecular formula is C27H31N3O5S. The highest BCUT2D eigenvalue weighted by Crippen LogP contribution is 2.33. The first-order valence-electron chi connectivity index (χ1n) is 11.5. The van der Waals surface area contributed by atoms with Crippen molar-refractivity contribution in [3.05, 3.63) is 83.4 Å². The molecule has 190 valence electrons. The molecule has 1 amide bonds. The highest BCUT2D eigenvalue weighted by atomic mass is 32.2. The number of anilines is 1. The first kappa shape index (κ1) is 26.7. The molecule has 0 spiro atoms. The Morgan fingerprint density at radius 1 is 1.00 bits per heavy atom. The molecule has 0 aromatic heterocycles. The molecule has 0 saturated heterocycles. The summed E-state index contributed by atoms with van der Waals surface area (Å²) in [7, 11) is -2.63. The van der Waals surface area contributed by atoms with Gasteiger partial charge in [-0.1, -0.05) is 30.7 Å². The Hall–Kier alpha value is -3.85. The molecule has 0 aliphatic rings. The third-order valence-electron chi connectivity index (χ3n) is 5.26. The lowest BCUT2D eigenvalue weighted by atomic mass is 10.2. The number of ether oxygens (including phenoxy) is 2. The van der Waals surface area contributed by atoms with Crippen LogP contribution in [0.3, 0.4) is 0 Å². The van der Waals surface area contributed by atoms with Crippen LogP contribution >= 0.6 is 0 Å². The van der Waals surface area contributed by atoms with Gasteiger partial charge >= 0.3 is 0 Å². The van der Waals surface area contributed by atoms with Gasteiger partial charge in [0.15, 0.2) is 0 Å². The van der Waals surface area contributed by atoms with Gasteiger partial charge in [-0.25, -0.2) is 13.8 Å². The van der Waals surface area contributed by atoms with Crippen molar-refractivity contribution < 1.29 is 22.7 Å². The van der Waals surface area contributed by atoms with E-state index in [1.54, 1.807) is 24.3 Å². The van der Waals surface area contributed by atoms with Gasteiger partial charge in [-0.2, -0.15) is 5.10 Å². The SMILES string of the molecule is CCCOc1ccc(/C=N\NC(=O)CN(c2cc(C)ccc2OC)S(=O)(=O)c2ccc(C)cc2)cc1. The standard InChI is InChI=1S/C27H31N3O5S/c1-5-16-35-23-11-9-22(10-12-23)18-28-29-27(31)19-30(25-17-21(3)8-15-26(25)34-4)36(32,33)24-13-6-20(2)7-14-24/h6-15,17-18H,5,16,19H2,1-4H3,(H,29,31)/b28-18-. The second-order valence-corrected chi connectivity index (χ2v) is 10.1. The van der Waals surface area contributed by atoms with E-state index in [4.69, 9.17) is 9.47 Å². The van der Waals surface area contributed by atoms with E-state index in [0.717, 1.165) is 33.2 Å². The first-order valence-corrected chi connectivity index (χ1v) is 13.0. The lowest BCUT2D eigenvalue weighted by molar-refractivity contribution is -0.119. The van der Waals surface area contributed by atoms with Crippen LogP contribution in [0.5, 0.6) is 11.5 Å². The van der Waals surface area contributed by atoms with Gasteiger partial charge in [0.1, 0.15) is 18.0 Å². The fourth-order valence-electron chi connectivity index (χ4n) is 3.35. The number of carbonyl (C=O) groups is 1. The lowest BCUT2D eigenvalue weighted by Gasteiger charge is -2.25. The fourth-order valence-corrected chi connectivity index (χ4v) is 4.77. The van der Waals surface area contributed by atoms with Gasteiger partial charge in [0.2, 0.25) is 0 Å². The van der Waals surface area contributed by atoms with Crippen LogP contribution in [-0.4, -0.2) is 40.8 Å². The van der Waals surface area contributed by atoms with Crippen molar-refractivity contribution in [3.63, 3.8) is 0 Å². The number of methoxy groups -OCH3 is 1. The van der Waals surface area contributed by atoms with Crippen LogP contribution in [0.1, 0.15) is 30.0 Å². The van der Waals surface area contributed by atoms with E-state index in [0.29, 0.717) is 12.4 Å². The Kier molecular flexibility index (Phi) is 9.08. The number of benzene rings is 3. The molecule has 0 heterocycles. The number of carbonyl (C=O) groups excluding carboxylic acids is 1. The summed E-state index contributed by atoms with van der Waals surface area (Å²) < 4.78 is 39.2. The number of aryl methyl sites for hydroxylation is 2. The number of nitrogens with one attached hydrogen (secondary N) is 1. The molecular weight excluding hydrogens is 478 g/mol. The minimum atomic E-state index is -4.08. The van der Waals surface area contributed by atoms with E-state index in [9.17, 15) is 13.2 Å². The third kappa shape index (κ3) is 6.85. The normalized spacial score (nSPS) is 11.3. The quantitative estimate of drug-likeness (QED) is 0.304. The monoisotopic (exact) mass is 509 g/mol. The highest BCUT2D eigenvalue weighted by molar-refractivity contribution is 7.92. The minimum absolute atomic E-state index is 0.0679. The molecule has 8 nitrogen and oxygen atoms in total. The van der Waals surface area contributed by atoms with Gasteiger partial charge in [-0.3, -0.25) is 9.10 Å². The number of rotatable bonds is 11. The largest absolute Gasteiger partial charge is 0.495 e. The zero-order valence-electron chi connectivity index (χ0n) is 20.9. The van der Waals surface area contributed by atoms with Crippen molar-refractivity contribution in [2.45, 2.75) is 32.1 Å². The van der Waals surface area contributed by atoms with E-state index in [-0.39, 0.29) is 10.6 Å². The molecule has 3 aromatic rings. The molecule has 36 heavy (non-hydrogen) atoms. The zero-order chi connectivity index (χ0) is 26.1. The van der Waals surface area contributed by atoms with E-state index in [1.165, 1.54) is 25.5 Å². The Labute approximate surface area is 212 Å². The number of nitrogens with zero attached hydrogens (tertiary/aromatic N) is 2. The summed E-state index contributed by atoms with van der Waals surface area (Å²) in [6.45, 7) is 5.89. The molecule has 0 unspecified atom stereocenters. The second-order valence-electron chi connectivity index (χ2n) is 8.21. The Morgan fingerprint density at radius 3 is 2.31 bits per heavy atom. The Bertz CT molecular complexity index is 1300. The summed E-state index contributed by atoms with van der Waals surface area (Å²) in [4.78, 5) is 12.9. The molecule has 9 heteroatoms. The van der Waals surface area contributed by atoms with Gasteiger partial charge < -0.3 is 9.47 Å². The predicted molar refractivity (Wildman–Crippen MR) is 141 cm³/mol. The highest BCUT2D eigenvalue weighted by Gasteiger charge is 2.29. The summed E-state index contributed by atoms with van der Waals surface area (Å²) in [5.41, 5.74) is 5.18. The maximum atomic E-state index is 13.6. The van der Waals surface area contributed by atoms with Crippen LogP contribution in [-0.2, 0) is 14.8 Å². The molecule has 0 aliphatic carbocycles. The molecule has 0 atom stereocenters. The van der Waals surface area contributed by atoms with Crippen molar-refractivity contribution >= 4 is 27.8 Å². The van der Waals surface area contributed by atoms with E-state index < -0.39 is 22.5 Å². The van der Waals surface area contributed by atoms with Crippen molar-refractivity contribution in [2.75, 3.05) is 24.6 Å². The number of hydrazone groups is 1. The summed E-state index contributed by atoms with van der Waals surface area (Å²) in [6.07, 6.45) is 2.40. The molecule has 3 aromatic carbocycles. The maximum absolute atomic E-state index is 13.6. The van der Waals surface area contributed by atoms with Crippen LogP contribution in [0.15, 0.2) is 76.7 Å². The first-order chi connectivity index (χ1) is 17.2.